The van der Waals surface area contributed by atoms with E-state index in [4.69, 9.17) is 4.74 Å². The molecule has 0 aromatic heterocycles. The van der Waals surface area contributed by atoms with E-state index >= 15 is 0 Å². The summed E-state index contributed by atoms with van der Waals surface area (Å²) in [6, 6.07) is 0. The molecule has 0 spiro atoms. The molecule has 0 aromatic rings. The molecule has 0 aliphatic carbocycles. The lowest BCUT2D eigenvalue weighted by Crippen LogP contribution is -2.57. The first-order valence-electron chi connectivity index (χ1n) is 9.13. The van der Waals surface area contributed by atoms with Crippen LogP contribution in [0.2, 0.25) is 0 Å². The first kappa shape index (κ1) is 24.9. The number of hydrogen-bond acceptors (Lipinski definition) is 4. The van der Waals surface area contributed by atoms with Crippen LogP contribution < -0.4 is 10.6 Å². The Hall–Kier alpha value is -0.0700. The molecule has 0 bridgehead atoms. The van der Waals surface area contributed by atoms with Gasteiger partial charge in [0.2, 0.25) is 5.91 Å². The lowest BCUT2D eigenvalue weighted by Gasteiger charge is -2.44. The van der Waals surface area contributed by atoms with E-state index in [0.717, 1.165) is 44.9 Å². The summed E-state index contributed by atoms with van der Waals surface area (Å²) >= 11 is 0. The number of nitrogens with one attached hydrogen (secondary N) is 2. The molecule has 1 unspecified atom stereocenters. The third-order valence-electron chi connectivity index (χ3n) is 5.66. The highest BCUT2D eigenvalue weighted by Gasteiger charge is 2.40. The van der Waals surface area contributed by atoms with E-state index < -0.39 is 0 Å². The van der Waals surface area contributed by atoms with Crippen LogP contribution in [-0.4, -0.2) is 62.8 Å². The minimum Gasteiger partial charge on any atom is -0.384 e. The zero-order chi connectivity index (χ0) is 16.9. The molecule has 2 aliphatic heterocycles. The molecular formula is C18H37Cl2N3O2. The first-order valence-corrected chi connectivity index (χ1v) is 9.13. The maximum Gasteiger partial charge on any atom is 0.228 e. The zero-order valence-corrected chi connectivity index (χ0v) is 17.9. The van der Waals surface area contributed by atoms with Crippen molar-refractivity contribution in [3.63, 3.8) is 0 Å². The van der Waals surface area contributed by atoms with Crippen LogP contribution in [0.5, 0.6) is 0 Å². The molecule has 0 aromatic carbocycles. The fourth-order valence-corrected chi connectivity index (χ4v) is 3.95. The summed E-state index contributed by atoms with van der Waals surface area (Å²) in [5, 5.41) is 6.58. The SMILES string of the molecule is COCC1(C(=O)NCC(C)(C)N2CCCC(C)C2)CCNCC1.Cl.Cl. The summed E-state index contributed by atoms with van der Waals surface area (Å²) in [6.07, 6.45) is 4.29. The zero-order valence-electron chi connectivity index (χ0n) is 16.2. The average Bonchev–Trinajstić information content (AvgIpc) is 2.54. The van der Waals surface area contributed by atoms with Gasteiger partial charge in [-0.15, -0.1) is 24.8 Å². The van der Waals surface area contributed by atoms with Crippen LogP contribution in [0, 0.1) is 11.3 Å². The van der Waals surface area contributed by atoms with Gasteiger partial charge in [-0.3, -0.25) is 9.69 Å². The highest BCUT2D eigenvalue weighted by molar-refractivity contribution is 5.85. The van der Waals surface area contributed by atoms with E-state index in [0.29, 0.717) is 13.2 Å². The molecule has 5 nitrogen and oxygen atoms in total. The molecular weight excluding hydrogens is 361 g/mol. The van der Waals surface area contributed by atoms with Crippen LogP contribution in [0.1, 0.15) is 46.5 Å². The van der Waals surface area contributed by atoms with E-state index in [2.05, 4.69) is 36.3 Å². The number of piperidine rings is 2. The summed E-state index contributed by atoms with van der Waals surface area (Å²) in [5.74, 6) is 0.918. The van der Waals surface area contributed by atoms with E-state index in [1.807, 2.05) is 0 Å². The second-order valence-corrected chi connectivity index (χ2v) is 8.15. The summed E-state index contributed by atoms with van der Waals surface area (Å²) < 4.78 is 5.37. The minimum absolute atomic E-state index is 0. The molecule has 2 N–H and O–H groups in total. The van der Waals surface area contributed by atoms with Gasteiger partial charge in [-0.2, -0.15) is 0 Å². The maximum absolute atomic E-state index is 12.9. The third-order valence-corrected chi connectivity index (χ3v) is 5.66. The fraction of sp³-hybridized carbons (Fsp3) is 0.944. The molecule has 150 valence electrons. The number of carbonyl (C=O) groups is 1. The predicted molar refractivity (Wildman–Crippen MR) is 108 cm³/mol. The van der Waals surface area contributed by atoms with Crippen LogP contribution in [-0.2, 0) is 9.53 Å². The molecule has 7 heteroatoms. The van der Waals surface area contributed by atoms with E-state index in [-0.39, 0.29) is 41.7 Å². The van der Waals surface area contributed by atoms with Crippen LogP contribution in [0.3, 0.4) is 0 Å². The first-order chi connectivity index (χ1) is 10.9. The molecule has 2 fully saturated rings. The largest absolute Gasteiger partial charge is 0.384 e. The van der Waals surface area contributed by atoms with Crippen molar-refractivity contribution in [3.8, 4) is 0 Å². The third kappa shape index (κ3) is 6.55. The topological polar surface area (TPSA) is 53.6 Å². The number of rotatable bonds is 6. The van der Waals surface area contributed by atoms with Crippen molar-refractivity contribution in [3.05, 3.63) is 0 Å². The molecule has 2 heterocycles. The highest BCUT2D eigenvalue weighted by Crippen LogP contribution is 2.30. The lowest BCUT2D eigenvalue weighted by molar-refractivity contribution is -0.136. The molecule has 0 saturated carbocycles. The fourth-order valence-electron chi connectivity index (χ4n) is 3.95. The predicted octanol–water partition coefficient (Wildman–Crippen LogP) is 2.47. The summed E-state index contributed by atoms with van der Waals surface area (Å²) in [6.45, 7) is 12.1. The molecule has 1 amide bonds. The van der Waals surface area contributed by atoms with Crippen molar-refractivity contribution in [1.29, 1.82) is 0 Å². The van der Waals surface area contributed by atoms with Gasteiger partial charge in [0, 0.05) is 25.7 Å². The Bertz CT molecular complexity index is 396. The van der Waals surface area contributed by atoms with Gasteiger partial charge >= 0.3 is 0 Å². The van der Waals surface area contributed by atoms with Crippen LogP contribution in [0.4, 0.5) is 0 Å². The highest BCUT2D eigenvalue weighted by atomic mass is 35.5. The number of halogens is 2. The molecule has 1 atom stereocenters. The van der Waals surface area contributed by atoms with Crippen LogP contribution in [0.25, 0.3) is 0 Å². The molecule has 2 rings (SSSR count). The second-order valence-electron chi connectivity index (χ2n) is 8.15. The van der Waals surface area contributed by atoms with Crippen molar-refractivity contribution in [2.24, 2.45) is 11.3 Å². The van der Waals surface area contributed by atoms with Crippen LogP contribution in [0.15, 0.2) is 0 Å². The molecule has 2 saturated heterocycles. The van der Waals surface area contributed by atoms with Gasteiger partial charge in [0.1, 0.15) is 0 Å². The summed E-state index contributed by atoms with van der Waals surface area (Å²) in [7, 11) is 1.69. The van der Waals surface area contributed by atoms with E-state index in [1.54, 1.807) is 7.11 Å². The Morgan fingerprint density at radius 3 is 2.52 bits per heavy atom. The quantitative estimate of drug-likeness (QED) is 0.722. The van der Waals surface area contributed by atoms with Gasteiger partial charge < -0.3 is 15.4 Å². The molecule has 0 radical (unpaired) electrons. The van der Waals surface area contributed by atoms with Gasteiger partial charge in [-0.1, -0.05) is 6.92 Å². The number of likely N-dealkylation sites (tertiary alicyclic amines) is 1. The van der Waals surface area contributed by atoms with Gasteiger partial charge in [0.05, 0.1) is 12.0 Å². The van der Waals surface area contributed by atoms with Crippen molar-refractivity contribution in [1.82, 2.24) is 15.5 Å². The lowest BCUT2D eigenvalue weighted by atomic mass is 9.78. The van der Waals surface area contributed by atoms with Gasteiger partial charge in [-0.25, -0.2) is 0 Å². The van der Waals surface area contributed by atoms with Gasteiger partial charge in [0.15, 0.2) is 0 Å². The Morgan fingerprint density at radius 1 is 1.32 bits per heavy atom. The van der Waals surface area contributed by atoms with Crippen molar-refractivity contribution < 1.29 is 9.53 Å². The monoisotopic (exact) mass is 397 g/mol. The van der Waals surface area contributed by atoms with Crippen molar-refractivity contribution in [2.45, 2.75) is 52.0 Å². The Balaban J connectivity index is 0.00000288. The average molecular weight is 398 g/mol. The minimum atomic E-state index is -0.356. The molecule has 2 aliphatic rings. The normalized spacial score (nSPS) is 23.9. The number of amides is 1. The smallest absolute Gasteiger partial charge is 0.228 e. The van der Waals surface area contributed by atoms with Crippen LogP contribution >= 0.6 is 24.8 Å². The van der Waals surface area contributed by atoms with Gasteiger partial charge in [-0.05, 0) is 65.1 Å². The molecule has 25 heavy (non-hydrogen) atoms. The van der Waals surface area contributed by atoms with Crippen molar-refractivity contribution in [2.75, 3.05) is 46.4 Å². The number of ether oxygens (including phenoxy) is 1. The summed E-state index contributed by atoms with van der Waals surface area (Å²) in [5.41, 5.74) is -0.350. The number of methoxy groups -OCH3 is 1. The number of nitrogens with zero attached hydrogens (tertiary/aromatic N) is 1. The Kier molecular flexibility index (Phi) is 10.9. The number of hydrogen-bond donors (Lipinski definition) is 2. The van der Waals surface area contributed by atoms with E-state index in [9.17, 15) is 4.79 Å². The maximum atomic E-state index is 12.9. The Morgan fingerprint density at radius 2 is 1.96 bits per heavy atom. The van der Waals surface area contributed by atoms with E-state index in [1.165, 1.54) is 12.8 Å². The Labute approximate surface area is 165 Å². The number of carbonyl (C=O) groups excluding carboxylic acids is 1. The van der Waals surface area contributed by atoms with Crippen molar-refractivity contribution >= 4 is 30.7 Å². The standard InChI is InChI=1S/C18H35N3O2.2ClH/c1-15-6-5-11-21(12-15)17(2,3)13-20-16(22)18(14-23-4)7-9-19-10-8-18;;/h15,19H,5-14H2,1-4H3,(H,20,22);2*1H. The second kappa shape index (κ2) is 10.9. The summed E-state index contributed by atoms with van der Waals surface area (Å²) in [4.78, 5) is 15.4. The van der Waals surface area contributed by atoms with Gasteiger partial charge in [0.25, 0.3) is 0 Å².